The molecular weight excluding hydrogens is 455 g/mol. The second-order valence-corrected chi connectivity index (χ2v) is 6.52. The van der Waals surface area contributed by atoms with E-state index in [4.69, 9.17) is 4.42 Å². The van der Waals surface area contributed by atoms with Crippen LogP contribution in [0.1, 0.15) is 42.7 Å². The number of aromatic nitrogens is 2. The van der Waals surface area contributed by atoms with Gasteiger partial charge in [-0.25, -0.2) is 15.0 Å². The van der Waals surface area contributed by atoms with Crippen molar-refractivity contribution in [2.45, 2.75) is 46.7 Å². The lowest BCUT2D eigenvalue weighted by molar-refractivity contribution is 0.463. The normalized spacial score (nSPS) is 14.2. The van der Waals surface area contributed by atoms with Crippen molar-refractivity contribution in [2.24, 2.45) is 4.99 Å². The smallest absolute Gasteiger partial charge is 0.214 e. The molecule has 0 aliphatic carbocycles. The lowest BCUT2D eigenvalue weighted by atomic mass is 10.3. The molecule has 0 unspecified atom stereocenters. The average Bonchev–Trinajstić information content (AvgIpc) is 3.28. The van der Waals surface area contributed by atoms with Crippen molar-refractivity contribution in [1.82, 2.24) is 20.6 Å². The Kier molecular flexibility index (Phi) is 8.33. The molecule has 2 N–H and O–H groups in total. The molecule has 0 radical (unpaired) electrons. The Hall–Kier alpha value is -1.84. The molecule has 1 aliphatic heterocycles. The molecular formula is C19H29IN6O. The van der Waals surface area contributed by atoms with E-state index in [2.05, 4.69) is 42.6 Å². The molecule has 0 aromatic carbocycles. The highest BCUT2D eigenvalue weighted by Crippen LogP contribution is 2.17. The van der Waals surface area contributed by atoms with Crippen LogP contribution in [0.4, 0.5) is 5.82 Å². The monoisotopic (exact) mass is 484 g/mol. The number of guanidine groups is 1. The van der Waals surface area contributed by atoms with E-state index in [1.165, 1.54) is 12.8 Å². The highest BCUT2D eigenvalue weighted by atomic mass is 127. The third-order valence-electron chi connectivity index (χ3n) is 4.48. The second kappa shape index (κ2) is 10.5. The first-order valence-electron chi connectivity index (χ1n) is 9.30. The zero-order chi connectivity index (χ0) is 18.4. The van der Waals surface area contributed by atoms with Crippen molar-refractivity contribution in [3.05, 3.63) is 41.2 Å². The van der Waals surface area contributed by atoms with Crippen molar-refractivity contribution in [1.29, 1.82) is 0 Å². The standard InChI is InChI=1S/C19H28N6O.HI/c1-4-20-19(23-13-18-24-14(2)15(3)26-18)22-12-16-7-8-17(21-11-16)25-9-5-6-10-25;/h7-8,11H,4-6,9-10,12-13H2,1-3H3,(H2,20,22,23);1H. The minimum atomic E-state index is 0. The first-order valence-corrected chi connectivity index (χ1v) is 9.30. The summed E-state index contributed by atoms with van der Waals surface area (Å²) in [7, 11) is 0. The number of pyridine rings is 1. The number of nitrogens with one attached hydrogen (secondary N) is 2. The first-order chi connectivity index (χ1) is 12.7. The largest absolute Gasteiger partial charge is 0.444 e. The third kappa shape index (κ3) is 6.08. The van der Waals surface area contributed by atoms with Crippen LogP contribution in [0.25, 0.3) is 0 Å². The predicted molar refractivity (Wildman–Crippen MR) is 119 cm³/mol. The maximum Gasteiger partial charge on any atom is 0.214 e. The molecule has 0 bridgehead atoms. The number of halogens is 1. The summed E-state index contributed by atoms with van der Waals surface area (Å²) >= 11 is 0. The lowest BCUT2D eigenvalue weighted by Gasteiger charge is -2.16. The molecule has 0 atom stereocenters. The summed E-state index contributed by atoms with van der Waals surface area (Å²) in [5, 5.41) is 6.50. The number of anilines is 1. The Bertz CT molecular complexity index is 718. The number of nitrogens with zero attached hydrogens (tertiary/aromatic N) is 4. The van der Waals surface area contributed by atoms with Gasteiger partial charge in [-0.2, -0.15) is 0 Å². The minimum Gasteiger partial charge on any atom is -0.444 e. The molecule has 1 aliphatic rings. The summed E-state index contributed by atoms with van der Waals surface area (Å²) in [6.07, 6.45) is 4.44. The van der Waals surface area contributed by atoms with E-state index in [0.29, 0.717) is 19.0 Å². The first kappa shape index (κ1) is 21.5. The van der Waals surface area contributed by atoms with Gasteiger partial charge in [-0.05, 0) is 45.2 Å². The number of aliphatic imine (C=N–C) groups is 1. The lowest BCUT2D eigenvalue weighted by Crippen LogP contribution is -2.36. The van der Waals surface area contributed by atoms with Crippen LogP contribution in [-0.2, 0) is 13.1 Å². The van der Waals surface area contributed by atoms with Crippen molar-refractivity contribution in [3.63, 3.8) is 0 Å². The Morgan fingerprint density at radius 3 is 2.59 bits per heavy atom. The van der Waals surface area contributed by atoms with Crippen molar-refractivity contribution in [3.8, 4) is 0 Å². The highest BCUT2D eigenvalue weighted by Gasteiger charge is 2.13. The summed E-state index contributed by atoms with van der Waals surface area (Å²) in [6.45, 7) is 10.0. The Morgan fingerprint density at radius 1 is 1.22 bits per heavy atom. The summed E-state index contributed by atoms with van der Waals surface area (Å²) in [5.41, 5.74) is 2.01. The minimum absolute atomic E-state index is 0. The number of hydrogen-bond donors (Lipinski definition) is 2. The molecule has 148 valence electrons. The van der Waals surface area contributed by atoms with Gasteiger partial charge in [0.1, 0.15) is 11.6 Å². The maximum atomic E-state index is 5.60. The van der Waals surface area contributed by atoms with Gasteiger partial charge in [0.05, 0.1) is 18.8 Å². The predicted octanol–water partition coefficient (Wildman–Crippen LogP) is 3.16. The molecule has 8 heteroatoms. The maximum absolute atomic E-state index is 5.60. The van der Waals surface area contributed by atoms with E-state index in [9.17, 15) is 0 Å². The zero-order valence-electron chi connectivity index (χ0n) is 16.3. The van der Waals surface area contributed by atoms with Gasteiger partial charge < -0.3 is 20.0 Å². The molecule has 7 nitrogen and oxygen atoms in total. The van der Waals surface area contributed by atoms with Crippen molar-refractivity contribution >= 4 is 35.8 Å². The second-order valence-electron chi connectivity index (χ2n) is 6.52. The molecule has 0 spiro atoms. The summed E-state index contributed by atoms with van der Waals surface area (Å²) in [6, 6.07) is 4.20. The highest BCUT2D eigenvalue weighted by molar-refractivity contribution is 14.0. The fourth-order valence-electron chi connectivity index (χ4n) is 2.93. The van der Waals surface area contributed by atoms with Gasteiger partial charge in [-0.1, -0.05) is 6.07 Å². The summed E-state index contributed by atoms with van der Waals surface area (Å²) in [5.74, 6) is 3.33. The average molecular weight is 484 g/mol. The molecule has 2 aromatic rings. The van der Waals surface area contributed by atoms with E-state index < -0.39 is 0 Å². The summed E-state index contributed by atoms with van der Waals surface area (Å²) in [4.78, 5) is 15.9. The van der Waals surface area contributed by atoms with E-state index in [0.717, 1.165) is 48.4 Å². The molecule has 3 heterocycles. The van der Waals surface area contributed by atoms with Gasteiger partial charge >= 0.3 is 0 Å². The van der Waals surface area contributed by atoms with Crippen LogP contribution in [0.2, 0.25) is 0 Å². The number of hydrogen-bond acceptors (Lipinski definition) is 5. The molecule has 2 aromatic heterocycles. The Balaban J connectivity index is 0.00000261. The fraction of sp³-hybridized carbons (Fsp3) is 0.526. The molecule has 3 rings (SSSR count). The van der Waals surface area contributed by atoms with Crippen LogP contribution in [0.5, 0.6) is 0 Å². The van der Waals surface area contributed by atoms with E-state index >= 15 is 0 Å². The van der Waals surface area contributed by atoms with E-state index in [1.54, 1.807) is 0 Å². The van der Waals surface area contributed by atoms with Gasteiger partial charge in [-0.15, -0.1) is 24.0 Å². The van der Waals surface area contributed by atoms with Crippen LogP contribution in [0, 0.1) is 13.8 Å². The molecule has 1 saturated heterocycles. The third-order valence-corrected chi connectivity index (χ3v) is 4.48. The van der Waals surface area contributed by atoms with E-state index in [-0.39, 0.29) is 24.0 Å². The van der Waals surface area contributed by atoms with Crippen LogP contribution in [0.15, 0.2) is 27.7 Å². The molecule has 0 amide bonds. The van der Waals surface area contributed by atoms with Crippen LogP contribution < -0.4 is 15.5 Å². The van der Waals surface area contributed by atoms with Gasteiger partial charge in [0.15, 0.2) is 5.96 Å². The molecule has 27 heavy (non-hydrogen) atoms. The number of aryl methyl sites for hydroxylation is 2. The number of rotatable bonds is 6. The fourth-order valence-corrected chi connectivity index (χ4v) is 2.93. The SMILES string of the molecule is CCNC(=NCc1ccc(N2CCCC2)nc1)NCc1nc(C)c(C)o1.I. The van der Waals surface area contributed by atoms with Gasteiger partial charge in [0, 0.05) is 25.8 Å². The van der Waals surface area contributed by atoms with Crippen molar-refractivity contribution in [2.75, 3.05) is 24.5 Å². The van der Waals surface area contributed by atoms with Crippen LogP contribution >= 0.6 is 24.0 Å². The van der Waals surface area contributed by atoms with Crippen LogP contribution in [-0.4, -0.2) is 35.6 Å². The topological polar surface area (TPSA) is 78.6 Å². The van der Waals surface area contributed by atoms with Gasteiger partial charge in [0.25, 0.3) is 0 Å². The van der Waals surface area contributed by atoms with Crippen LogP contribution in [0.3, 0.4) is 0 Å². The number of oxazole rings is 1. The molecule has 0 saturated carbocycles. The van der Waals surface area contributed by atoms with E-state index in [1.807, 2.05) is 27.0 Å². The summed E-state index contributed by atoms with van der Waals surface area (Å²) < 4.78 is 5.60. The van der Waals surface area contributed by atoms with Gasteiger partial charge in [0.2, 0.25) is 5.89 Å². The Labute approximate surface area is 178 Å². The Morgan fingerprint density at radius 2 is 2.00 bits per heavy atom. The quantitative estimate of drug-likeness (QED) is 0.373. The van der Waals surface area contributed by atoms with Crippen molar-refractivity contribution < 1.29 is 4.42 Å². The van der Waals surface area contributed by atoms with Gasteiger partial charge in [-0.3, -0.25) is 0 Å². The zero-order valence-corrected chi connectivity index (χ0v) is 18.6. The molecule has 1 fully saturated rings.